The Labute approximate surface area is 82.5 Å². The van der Waals surface area contributed by atoms with Crippen LogP contribution in [-0.4, -0.2) is 24.7 Å². The molecule has 0 aromatic heterocycles. The molecule has 0 aromatic rings. The topological polar surface area (TPSA) is 24.1 Å². The summed E-state index contributed by atoms with van der Waals surface area (Å²) in [5.41, 5.74) is 0. The van der Waals surface area contributed by atoms with Crippen molar-refractivity contribution in [2.75, 3.05) is 6.54 Å². The molecule has 0 aromatic carbocycles. The van der Waals surface area contributed by atoms with Gasteiger partial charge in [-0.3, -0.25) is 0 Å². The van der Waals surface area contributed by atoms with Gasteiger partial charge in [0, 0.05) is 18.1 Å². The number of hydrogen-bond acceptors (Lipinski definition) is 2. The van der Waals surface area contributed by atoms with E-state index in [9.17, 15) is 0 Å². The second-order valence-electron chi connectivity index (χ2n) is 4.78. The largest absolute Gasteiger partial charge is 0.314 e. The minimum absolute atomic E-state index is 0.648. The van der Waals surface area contributed by atoms with Crippen molar-refractivity contribution in [3.05, 3.63) is 0 Å². The molecule has 78 valence electrons. The molecule has 13 heavy (non-hydrogen) atoms. The van der Waals surface area contributed by atoms with Crippen LogP contribution in [0.25, 0.3) is 0 Å². The van der Waals surface area contributed by atoms with E-state index in [1.165, 1.54) is 19.4 Å². The lowest BCUT2D eigenvalue weighted by molar-refractivity contribution is 0.287. The van der Waals surface area contributed by atoms with Crippen LogP contribution >= 0.6 is 0 Å². The fraction of sp³-hybridized carbons (Fsp3) is 1.00. The van der Waals surface area contributed by atoms with E-state index in [2.05, 4.69) is 38.3 Å². The van der Waals surface area contributed by atoms with E-state index < -0.39 is 0 Å². The van der Waals surface area contributed by atoms with E-state index in [0.29, 0.717) is 12.1 Å². The van der Waals surface area contributed by atoms with Gasteiger partial charge in [0.1, 0.15) is 0 Å². The maximum atomic E-state index is 3.71. The Balaban J connectivity index is 2.27. The highest BCUT2D eigenvalue weighted by molar-refractivity contribution is 4.82. The molecule has 0 bridgehead atoms. The smallest absolute Gasteiger partial charge is 0.00964 e. The highest BCUT2D eigenvalue weighted by Crippen LogP contribution is 2.11. The first kappa shape index (κ1) is 11.0. The van der Waals surface area contributed by atoms with Crippen molar-refractivity contribution in [3.8, 4) is 0 Å². The summed E-state index contributed by atoms with van der Waals surface area (Å²) in [5.74, 6) is 0.741. The van der Waals surface area contributed by atoms with E-state index >= 15 is 0 Å². The van der Waals surface area contributed by atoms with Crippen LogP contribution < -0.4 is 10.6 Å². The lowest BCUT2D eigenvalue weighted by atomic mass is 9.97. The van der Waals surface area contributed by atoms with Crippen LogP contribution in [-0.2, 0) is 0 Å². The first-order valence-electron chi connectivity index (χ1n) is 5.59. The molecule has 3 unspecified atom stereocenters. The van der Waals surface area contributed by atoms with Crippen molar-refractivity contribution in [1.82, 2.24) is 10.6 Å². The standard InChI is InChI=1S/C11H24N2/c1-8(2)10(4)13-11-5-6-12-9(3)7-11/h8-13H,5-7H2,1-4H3. The van der Waals surface area contributed by atoms with Crippen LogP contribution in [0.1, 0.15) is 40.5 Å². The molecule has 0 amide bonds. The Morgan fingerprint density at radius 2 is 2.00 bits per heavy atom. The second kappa shape index (κ2) is 4.97. The number of rotatable bonds is 3. The van der Waals surface area contributed by atoms with Gasteiger partial charge in [-0.25, -0.2) is 0 Å². The lowest BCUT2D eigenvalue weighted by Crippen LogP contribution is -2.48. The van der Waals surface area contributed by atoms with E-state index in [-0.39, 0.29) is 0 Å². The van der Waals surface area contributed by atoms with Crippen LogP contribution in [0, 0.1) is 5.92 Å². The zero-order valence-electron chi connectivity index (χ0n) is 9.43. The van der Waals surface area contributed by atoms with Gasteiger partial charge in [0.15, 0.2) is 0 Å². The molecule has 1 heterocycles. The third-order valence-electron chi connectivity index (χ3n) is 3.12. The predicted octanol–water partition coefficient (Wildman–Crippen LogP) is 1.76. The van der Waals surface area contributed by atoms with E-state index in [1.807, 2.05) is 0 Å². The fourth-order valence-corrected chi connectivity index (χ4v) is 1.85. The normalized spacial score (nSPS) is 32.1. The number of hydrogen-bond donors (Lipinski definition) is 2. The van der Waals surface area contributed by atoms with Crippen molar-refractivity contribution in [1.29, 1.82) is 0 Å². The van der Waals surface area contributed by atoms with E-state index in [4.69, 9.17) is 0 Å². The maximum Gasteiger partial charge on any atom is 0.00964 e. The van der Waals surface area contributed by atoms with Crippen LogP contribution in [0.5, 0.6) is 0 Å². The van der Waals surface area contributed by atoms with Gasteiger partial charge in [-0.2, -0.15) is 0 Å². The van der Waals surface area contributed by atoms with Gasteiger partial charge in [0.05, 0.1) is 0 Å². The van der Waals surface area contributed by atoms with Gasteiger partial charge in [0.2, 0.25) is 0 Å². The molecule has 0 spiro atoms. The highest BCUT2D eigenvalue weighted by atomic mass is 15.0. The van der Waals surface area contributed by atoms with Crippen molar-refractivity contribution < 1.29 is 0 Å². The average molecular weight is 184 g/mol. The minimum atomic E-state index is 0.648. The summed E-state index contributed by atoms with van der Waals surface area (Å²) in [6.45, 7) is 10.3. The molecule has 0 saturated carbocycles. The van der Waals surface area contributed by atoms with Crippen molar-refractivity contribution in [3.63, 3.8) is 0 Å². The van der Waals surface area contributed by atoms with Gasteiger partial charge in [-0.1, -0.05) is 13.8 Å². The average Bonchev–Trinajstić information content (AvgIpc) is 2.04. The SMILES string of the molecule is CC1CC(NC(C)C(C)C)CCN1. The Hall–Kier alpha value is -0.0800. The molecule has 1 rings (SSSR count). The molecule has 3 atom stereocenters. The van der Waals surface area contributed by atoms with E-state index in [1.54, 1.807) is 0 Å². The Bertz CT molecular complexity index is 145. The number of nitrogens with one attached hydrogen (secondary N) is 2. The predicted molar refractivity (Wildman–Crippen MR) is 57.9 cm³/mol. The Morgan fingerprint density at radius 3 is 2.54 bits per heavy atom. The number of piperidine rings is 1. The second-order valence-corrected chi connectivity index (χ2v) is 4.78. The molecular weight excluding hydrogens is 160 g/mol. The molecule has 0 aliphatic carbocycles. The molecule has 1 fully saturated rings. The molecule has 1 aliphatic heterocycles. The molecule has 0 radical (unpaired) electrons. The summed E-state index contributed by atoms with van der Waals surface area (Å²) in [6, 6.07) is 2.06. The first-order valence-corrected chi connectivity index (χ1v) is 5.59. The van der Waals surface area contributed by atoms with Crippen LogP contribution in [0.4, 0.5) is 0 Å². The zero-order valence-corrected chi connectivity index (χ0v) is 9.43. The van der Waals surface area contributed by atoms with Crippen LogP contribution in [0.15, 0.2) is 0 Å². The van der Waals surface area contributed by atoms with Crippen molar-refractivity contribution >= 4 is 0 Å². The van der Waals surface area contributed by atoms with Crippen LogP contribution in [0.2, 0.25) is 0 Å². The minimum Gasteiger partial charge on any atom is -0.314 e. The lowest BCUT2D eigenvalue weighted by Gasteiger charge is -2.32. The van der Waals surface area contributed by atoms with Crippen molar-refractivity contribution in [2.24, 2.45) is 5.92 Å². The molecule has 1 aliphatic rings. The molecule has 1 saturated heterocycles. The van der Waals surface area contributed by atoms with Gasteiger partial charge in [-0.15, -0.1) is 0 Å². The quantitative estimate of drug-likeness (QED) is 0.698. The van der Waals surface area contributed by atoms with E-state index in [0.717, 1.165) is 12.0 Å². The maximum absolute atomic E-state index is 3.71. The summed E-state index contributed by atoms with van der Waals surface area (Å²) in [7, 11) is 0. The van der Waals surface area contributed by atoms with Crippen LogP contribution in [0.3, 0.4) is 0 Å². The summed E-state index contributed by atoms with van der Waals surface area (Å²) >= 11 is 0. The zero-order chi connectivity index (χ0) is 9.84. The third kappa shape index (κ3) is 3.65. The van der Waals surface area contributed by atoms with Gasteiger partial charge in [-0.05, 0) is 39.2 Å². The van der Waals surface area contributed by atoms with Gasteiger partial charge in [0.25, 0.3) is 0 Å². The molecular formula is C11H24N2. The molecule has 2 heteroatoms. The Kier molecular flexibility index (Phi) is 4.20. The Morgan fingerprint density at radius 1 is 1.31 bits per heavy atom. The van der Waals surface area contributed by atoms with Gasteiger partial charge >= 0.3 is 0 Å². The summed E-state index contributed by atoms with van der Waals surface area (Å²) in [4.78, 5) is 0. The third-order valence-corrected chi connectivity index (χ3v) is 3.12. The monoisotopic (exact) mass is 184 g/mol. The molecule has 2 N–H and O–H groups in total. The summed E-state index contributed by atoms with van der Waals surface area (Å²) in [5, 5.41) is 7.18. The molecule has 2 nitrogen and oxygen atoms in total. The summed E-state index contributed by atoms with van der Waals surface area (Å²) < 4.78 is 0. The summed E-state index contributed by atoms with van der Waals surface area (Å²) in [6.07, 6.45) is 2.55. The fourth-order valence-electron chi connectivity index (χ4n) is 1.85. The highest BCUT2D eigenvalue weighted by Gasteiger charge is 2.20. The van der Waals surface area contributed by atoms with Gasteiger partial charge < -0.3 is 10.6 Å². The first-order chi connectivity index (χ1) is 6.09. The van der Waals surface area contributed by atoms with Crippen molar-refractivity contribution in [2.45, 2.75) is 58.7 Å².